The minimum absolute atomic E-state index is 0.0143. The van der Waals surface area contributed by atoms with E-state index in [1.54, 1.807) is 32.9 Å². The summed E-state index contributed by atoms with van der Waals surface area (Å²) in [6, 6.07) is 9.99. The third kappa shape index (κ3) is 5.04. The van der Waals surface area contributed by atoms with Crippen molar-refractivity contribution in [3.63, 3.8) is 0 Å². The average molecular weight is 398 g/mol. The number of rotatable bonds is 7. The molecule has 0 spiro atoms. The summed E-state index contributed by atoms with van der Waals surface area (Å²) >= 11 is 0. The number of benzene rings is 2. The summed E-state index contributed by atoms with van der Waals surface area (Å²) in [6.07, 6.45) is 0. The van der Waals surface area contributed by atoms with Crippen molar-refractivity contribution in [1.29, 1.82) is 0 Å². The zero-order valence-electron chi connectivity index (χ0n) is 16.6. The molecule has 0 aliphatic carbocycles. The molecule has 0 saturated heterocycles. The Labute approximate surface area is 168 Å². The normalized spacial score (nSPS) is 10.9. The second-order valence-corrected chi connectivity index (χ2v) is 7.36. The summed E-state index contributed by atoms with van der Waals surface area (Å²) in [5.74, 6) is -1.63. The van der Waals surface area contributed by atoms with Crippen LogP contribution in [0.4, 0.5) is 11.4 Å². The Kier molecular flexibility index (Phi) is 6.48. The predicted octanol–water partition coefficient (Wildman–Crippen LogP) is 3.64. The number of carbonyl (C=O) groups is 3. The molecule has 152 valence electrons. The summed E-state index contributed by atoms with van der Waals surface area (Å²) in [5.41, 5.74) is -0.577. The van der Waals surface area contributed by atoms with Gasteiger partial charge in [0.15, 0.2) is 18.2 Å². The van der Waals surface area contributed by atoms with E-state index in [-0.39, 0.29) is 33.8 Å². The van der Waals surface area contributed by atoms with E-state index in [4.69, 9.17) is 4.74 Å². The first-order valence-electron chi connectivity index (χ1n) is 8.86. The molecule has 0 aliphatic rings. The Bertz CT molecular complexity index is 975. The first kappa shape index (κ1) is 21.7. The molecule has 0 unspecified atom stereocenters. The molecule has 0 saturated carbocycles. The van der Waals surface area contributed by atoms with Crippen LogP contribution >= 0.6 is 0 Å². The van der Waals surface area contributed by atoms with Crippen molar-refractivity contribution in [2.24, 2.45) is 5.41 Å². The van der Waals surface area contributed by atoms with Crippen molar-refractivity contribution in [2.75, 3.05) is 19.0 Å². The van der Waals surface area contributed by atoms with Gasteiger partial charge in [-0.05, 0) is 18.2 Å². The quantitative estimate of drug-likeness (QED) is 0.328. The average Bonchev–Trinajstić information content (AvgIpc) is 2.69. The van der Waals surface area contributed by atoms with Crippen molar-refractivity contribution < 1.29 is 24.0 Å². The molecule has 2 rings (SSSR count). The number of nitro groups is 1. The lowest BCUT2D eigenvalue weighted by Crippen LogP contribution is -2.26. The third-order valence-electron chi connectivity index (χ3n) is 4.29. The van der Waals surface area contributed by atoms with E-state index in [2.05, 4.69) is 5.32 Å². The number of hydrogen-bond acceptors (Lipinski definition) is 7. The second kappa shape index (κ2) is 8.64. The van der Waals surface area contributed by atoms with Gasteiger partial charge < -0.3 is 10.1 Å². The predicted molar refractivity (Wildman–Crippen MR) is 107 cm³/mol. The van der Waals surface area contributed by atoms with Crippen LogP contribution < -0.4 is 5.32 Å². The largest absolute Gasteiger partial charge is 0.454 e. The summed E-state index contributed by atoms with van der Waals surface area (Å²) in [7, 11) is 1.54. The van der Waals surface area contributed by atoms with E-state index >= 15 is 0 Å². The van der Waals surface area contributed by atoms with Gasteiger partial charge in [-0.2, -0.15) is 0 Å². The molecule has 2 aromatic carbocycles. The molecule has 0 fully saturated rings. The maximum atomic E-state index is 12.9. The standard InChI is InChI=1S/C21H22N2O6/c1-21(2,3)18(24)12-29-20(26)15-8-6-5-7-14(15)19(25)13-9-10-16(22-4)17(11-13)23(27)28/h5-11,22H,12H2,1-4H3. The lowest BCUT2D eigenvalue weighted by molar-refractivity contribution is -0.384. The van der Waals surface area contributed by atoms with Crippen LogP contribution in [0, 0.1) is 15.5 Å². The molecule has 0 bridgehead atoms. The fourth-order valence-electron chi connectivity index (χ4n) is 2.48. The van der Waals surface area contributed by atoms with Crippen LogP contribution in [0.3, 0.4) is 0 Å². The van der Waals surface area contributed by atoms with Gasteiger partial charge in [-0.1, -0.05) is 39.0 Å². The summed E-state index contributed by atoms with van der Waals surface area (Å²) in [5, 5.41) is 13.9. The fraction of sp³-hybridized carbons (Fsp3) is 0.286. The van der Waals surface area contributed by atoms with Crippen molar-refractivity contribution in [3.8, 4) is 0 Å². The van der Waals surface area contributed by atoms with Gasteiger partial charge >= 0.3 is 5.97 Å². The minimum Gasteiger partial charge on any atom is -0.454 e. The molecular formula is C21H22N2O6. The first-order chi connectivity index (χ1) is 13.6. The molecular weight excluding hydrogens is 376 g/mol. The van der Waals surface area contributed by atoms with E-state index in [0.29, 0.717) is 0 Å². The number of Topliss-reactive ketones (excluding diaryl/α,β-unsaturated/α-hetero) is 1. The van der Waals surface area contributed by atoms with E-state index in [9.17, 15) is 24.5 Å². The van der Waals surface area contributed by atoms with Crippen LogP contribution in [-0.2, 0) is 9.53 Å². The van der Waals surface area contributed by atoms with Crippen LogP contribution in [0.5, 0.6) is 0 Å². The first-order valence-corrected chi connectivity index (χ1v) is 8.86. The number of carbonyl (C=O) groups excluding carboxylic acids is 3. The van der Waals surface area contributed by atoms with Gasteiger partial charge in [0.25, 0.3) is 5.69 Å². The molecule has 8 nitrogen and oxygen atoms in total. The third-order valence-corrected chi connectivity index (χ3v) is 4.29. The van der Waals surface area contributed by atoms with Gasteiger partial charge in [-0.3, -0.25) is 19.7 Å². The van der Waals surface area contributed by atoms with E-state index in [1.807, 2.05) is 0 Å². The molecule has 0 aliphatic heterocycles. The summed E-state index contributed by atoms with van der Waals surface area (Å²) < 4.78 is 5.08. The Morgan fingerprint density at radius 2 is 1.69 bits per heavy atom. The zero-order chi connectivity index (χ0) is 21.8. The molecule has 2 aromatic rings. The maximum absolute atomic E-state index is 12.9. The van der Waals surface area contributed by atoms with E-state index in [1.165, 1.54) is 31.3 Å². The molecule has 1 N–H and O–H groups in total. The number of esters is 1. The van der Waals surface area contributed by atoms with Crippen LogP contribution in [0.2, 0.25) is 0 Å². The Morgan fingerprint density at radius 3 is 2.24 bits per heavy atom. The van der Waals surface area contributed by atoms with Gasteiger partial charge in [0.1, 0.15) is 5.69 Å². The van der Waals surface area contributed by atoms with Gasteiger partial charge in [0.2, 0.25) is 0 Å². The maximum Gasteiger partial charge on any atom is 0.339 e. The van der Waals surface area contributed by atoms with Crippen LogP contribution in [0.25, 0.3) is 0 Å². The zero-order valence-corrected chi connectivity index (χ0v) is 16.6. The summed E-state index contributed by atoms with van der Waals surface area (Å²) in [6.45, 7) is 4.72. The van der Waals surface area contributed by atoms with Crippen LogP contribution in [0.1, 0.15) is 47.1 Å². The summed E-state index contributed by atoms with van der Waals surface area (Å²) in [4.78, 5) is 48.0. The number of nitrogens with one attached hydrogen (secondary N) is 1. The number of nitrogens with zero attached hydrogens (tertiary/aromatic N) is 1. The monoisotopic (exact) mass is 398 g/mol. The molecule has 8 heteroatoms. The van der Waals surface area contributed by atoms with Gasteiger partial charge in [-0.25, -0.2) is 4.79 Å². The number of nitro benzene ring substituents is 1. The topological polar surface area (TPSA) is 116 Å². The SMILES string of the molecule is CNc1ccc(C(=O)c2ccccc2C(=O)OCC(=O)C(C)(C)C)cc1[N+](=O)[O-]. The highest BCUT2D eigenvalue weighted by atomic mass is 16.6. The number of ether oxygens (including phenoxy) is 1. The van der Waals surface area contributed by atoms with E-state index < -0.39 is 28.7 Å². The fourth-order valence-corrected chi connectivity index (χ4v) is 2.48. The highest BCUT2D eigenvalue weighted by Crippen LogP contribution is 2.27. The minimum atomic E-state index is -0.812. The number of hydrogen-bond donors (Lipinski definition) is 1. The molecule has 0 heterocycles. The Balaban J connectivity index is 2.34. The highest BCUT2D eigenvalue weighted by molar-refractivity contribution is 6.15. The van der Waals surface area contributed by atoms with Gasteiger partial charge in [-0.15, -0.1) is 0 Å². The van der Waals surface area contributed by atoms with Crippen LogP contribution in [-0.4, -0.2) is 36.1 Å². The number of ketones is 2. The molecule has 0 aromatic heterocycles. The van der Waals surface area contributed by atoms with Gasteiger partial charge in [0, 0.05) is 29.7 Å². The molecule has 0 atom stereocenters. The van der Waals surface area contributed by atoms with Crippen molar-refractivity contribution in [2.45, 2.75) is 20.8 Å². The smallest absolute Gasteiger partial charge is 0.339 e. The Hall–Kier alpha value is -3.55. The second-order valence-electron chi connectivity index (χ2n) is 7.36. The van der Waals surface area contributed by atoms with E-state index in [0.717, 1.165) is 6.07 Å². The lowest BCUT2D eigenvalue weighted by atomic mass is 9.91. The molecule has 29 heavy (non-hydrogen) atoms. The van der Waals surface area contributed by atoms with Crippen molar-refractivity contribution in [1.82, 2.24) is 0 Å². The van der Waals surface area contributed by atoms with Crippen LogP contribution in [0.15, 0.2) is 42.5 Å². The molecule has 0 radical (unpaired) electrons. The molecule has 0 amide bonds. The highest BCUT2D eigenvalue weighted by Gasteiger charge is 2.25. The lowest BCUT2D eigenvalue weighted by Gasteiger charge is -2.16. The van der Waals surface area contributed by atoms with Crippen molar-refractivity contribution in [3.05, 3.63) is 69.3 Å². The van der Waals surface area contributed by atoms with Crippen molar-refractivity contribution >= 4 is 28.9 Å². The van der Waals surface area contributed by atoms with Gasteiger partial charge in [0.05, 0.1) is 10.5 Å². The Morgan fingerprint density at radius 1 is 1.07 bits per heavy atom. The number of anilines is 1.